The topological polar surface area (TPSA) is 38.0 Å². The highest BCUT2D eigenvalue weighted by atomic mass is 35.5. The van der Waals surface area contributed by atoms with Gasteiger partial charge in [-0.05, 0) is 30.6 Å². The maximum atomic E-state index is 10.3. The van der Waals surface area contributed by atoms with Gasteiger partial charge >= 0.3 is 0 Å². The van der Waals surface area contributed by atoms with Crippen LogP contribution < -0.4 is 0 Å². The molecule has 1 heterocycles. The van der Waals surface area contributed by atoms with Crippen molar-refractivity contribution in [1.82, 2.24) is 9.78 Å². The first-order valence-electron chi connectivity index (χ1n) is 5.55. The van der Waals surface area contributed by atoms with Crippen LogP contribution in [0.1, 0.15) is 31.1 Å². The highest BCUT2D eigenvalue weighted by molar-refractivity contribution is 6.31. The second kappa shape index (κ2) is 3.22. The van der Waals surface area contributed by atoms with Crippen LogP contribution in [-0.2, 0) is 7.05 Å². The zero-order valence-corrected chi connectivity index (χ0v) is 9.48. The van der Waals surface area contributed by atoms with Crippen LogP contribution in [0, 0.1) is 17.8 Å². The highest BCUT2D eigenvalue weighted by Crippen LogP contribution is 2.62. The van der Waals surface area contributed by atoms with Crippen molar-refractivity contribution in [2.24, 2.45) is 24.8 Å². The van der Waals surface area contributed by atoms with E-state index < -0.39 is 6.10 Å². The monoisotopic (exact) mass is 226 g/mol. The maximum absolute atomic E-state index is 10.3. The van der Waals surface area contributed by atoms with Gasteiger partial charge in [-0.25, -0.2) is 0 Å². The summed E-state index contributed by atoms with van der Waals surface area (Å²) in [5, 5.41) is 14.9. The average Bonchev–Trinajstić information content (AvgIpc) is 2.58. The number of hydrogen-bond acceptors (Lipinski definition) is 2. The molecular formula is C11H15ClN2O. The second-order valence-corrected chi connectivity index (χ2v) is 5.19. The minimum atomic E-state index is -0.416. The lowest BCUT2D eigenvalue weighted by Crippen LogP contribution is -2.10. The van der Waals surface area contributed by atoms with E-state index in [2.05, 4.69) is 5.10 Å². The first-order valence-corrected chi connectivity index (χ1v) is 5.93. The summed E-state index contributed by atoms with van der Waals surface area (Å²) in [5.74, 6) is 1.92. The van der Waals surface area contributed by atoms with Crippen LogP contribution in [0.25, 0.3) is 0 Å². The molecule has 15 heavy (non-hydrogen) atoms. The summed E-state index contributed by atoms with van der Waals surface area (Å²) in [4.78, 5) is 0. The molecule has 3 rings (SSSR count). The molecule has 2 aliphatic rings. The van der Waals surface area contributed by atoms with E-state index in [1.165, 1.54) is 19.3 Å². The lowest BCUT2D eigenvalue weighted by Gasteiger charge is -2.13. The van der Waals surface area contributed by atoms with Gasteiger partial charge in [-0.15, -0.1) is 0 Å². The van der Waals surface area contributed by atoms with Crippen molar-refractivity contribution in [3.63, 3.8) is 0 Å². The minimum Gasteiger partial charge on any atom is -0.386 e. The lowest BCUT2D eigenvalue weighted by atomic mass is 10.0. The van der Waals surface area contributed by atoms with Gasteiger partial charge in [0.2, 0.25) is 0 Å². The largest absolute Gasteiger partial charge is 0.386 e. The predicted molar refractivity (Wildman–Crippen MR) is 57.5 cm³/mol. The third-order valence-electron chi connectivity index (χ3n) is 4.06. The summed E-state index contributed by atoms with van der Waals surface area (Å²) < 4.78 is 1.70. The maximum Gasteiger partial charge on any atom is 0.100 e. The molecule has 4 heteroatoms. The Bertz CT molecular complexity index is 360. The van der Waals surface area contributed by atoms with Crippen LogP contribution in [0.5, 0.6) is 0 Å². The number of aliphatic hydroxyl groups is 1. The van der Waals surface area contributed by atoms with Gasteiger partial charge in [0.15, 0.2) is 0 Å². The van der Waals surface area contributed by atoms with Gasteiger partial charge in [0.05, 0.1) is 16.9 Å². The Hall–Kier alpha value is -0.540. The van der Waals surface area contributed by atoms with Crippen molar-refractivity contribution in [3.05, 3.63) is 16.9 Å². The van der Waals surface area contributed by atoms with E-state index in [0.29, 0.717) is 10.9 Å². The van der Waals surface area contributed by atoms with Crippen LogP contribution in [0.2, 0.25) is 5.02 Å². The van der Waals surface area contributed by atoms with E-state index in [1.807, 2.05) is 7.05 Å². The van der Waals surface area contributed by atoms with Gasteiger partial charge < -0.3 is 5.11 Å². The van der Waals surface area contributed by atoms with Gasteiger partial charge in [0, 0.05) is 7.05 Å². The molecule has 0 saturated heterocycles. The van der Waals surface area contributed by atoms with Crippen molar-refractivity contribution >= 4 is 11.6 Å². The first-order chi connectivity index (χ1) is 7.20. The standard InChI is InChI=1S/C11H15ClN2O/c1-14-10(8(12)5-13-14)11(15)9-6-3-2-4-7(6)9/h5-7,9,11,15H,2-4H2,1H3. The van der Waals surface area contributed by atoms with Crippen LogP contribution in [0.3, 0.4) is 0 Å². The number of nitrogens with zero attached hydrogens (tertiary/aromatic N) is 2. The number of halogens is 1. The molecule has 0 spiro atoms. The highest BCUT2D eigenvalue weighted by Gasteiger charge is 2.56. The number of fused-ring (bicyclic) bond motifs is 1. The number of aliphatic hydroxyl groups excluding tert-OH is 1. The molecule has 0 amide bonds. The fourth-order valence-electron chi connectivity index (χ4n) is 3.28. The van der Waals surface area contributed by atoms with E-state index in [-0.39, 0.29) is 0 Å². The molecular weight excluding hydrogens is 212 g/mol. The molecule has 0 radical (unpaired) electrons. The van der Waals surface area contributed by atoms with Crippen LogP contribution in [-0.4, -0.2) is 14.9 Å². The van der Waals surface area contributed by atoms with Crippen molar-refractivity contribution in [2.75, 3.05) is 0 Å². The van der Waals surface area contributed by atoms with Crippen molar-refractivity contribution in [3.8, 4) is 0 Å². The Morgan fingerprint density at radius 2 is 2.20 bits per heavy atom. The van der Waals surface area contributed by atoms with Crippen molar-refractivity contribution in [2.45, 2.75) is 25.4 Å². The minimum absolute atomic E-state index is 0.416. The number of aryl methyl sites for hydroxylation is 1. The quantitative estimate of drug-likeness (QED) is 0.839. The molecule has 3 nitrogen and oxygen atoms in total. The van der Waals surface area contributed by atoms with Gasteiger partial charge in [-0.3, -0.25) is 4.68 Å². The fraction of sp³-hybridized carbons (Fsp3) is 0.727. The second-order valence-electron chi connectivity index (χ2n) is 4.78. The number of rotatable bonds is 2. The van der Waals surface area contributed by atoms with Crippen molar-refractivity contribution in [1.29, 1.82) is 0 Å². The fourth-order valence-corrected chi connectivity index (χ4v) is 3.56. The molecule has 0 aromatic carbocycles. The van der Waals surface area contributed by atoms with Gasteiger partial charge in [0.25, 0.3) is 0 Å². The Labute approximate surface area is 94.0 Å². The van der Waals surface area contributed by atoms with Gasteiger partial charge in [-0.2, -0.15) is 5.10 Å². The van der Waals surface area contributed by atoms with Gasteiger partial charge in [-0.1, -0.05) is 18.0 Å². The third-order valence-corrected chi connectivity index (χ3v) is 4.35. The summed E-state index contributed by atoms with van der Waals surface area (Å²) in [6.07, 6.45) is 5.08. The van der Waals surface area contributed by atoms with Crippen LogP contribution in [0.15, 0.2) is 6.20 Å². The Balaban J connectivity index is 1.83. The molecule has 1 N–H and O–H groups in total. The smallest absolute Gasteiger partial charge is 0.100 e. The molecule has 82 valence electrons. The molecule has 2 aliphatic carbocycles. The van der Waals surface area contributed by atoms with Crippen molar-refractivity contribution < 1.29 is 5.11 Å². The molecule has 0 bridgehead atoms. The molecule has 0 aliphatic heterocycles. The summed E-state index contributed by atoms with van der Waals surface area (Å²) in [7, 11) is 1.84. The Morgan fingerprint density at radius 3 is 2.73 bits per heavy atom. The summed E-state index contributed by atoms with van der Waals surface area (Å²) in [5.41, 5.74) is 0.788. The molecule has 2 saturated carbocycles. The zero-order chi connectivity index (χ0) is 10.6. The third kappa shape index (κ3) is 1.33. The SMILES string of the molecule is Cn1ncc(Cl)c1C(O)C1C2CCCC21. The van der Waals surface area contributed by atoms with Crippen LogP contribution in [0.4, 0.5) is 0 Å². The summed E-state index contributed by atoms with van der Waals surface area (Å²) >= 11 is 6.03. The van der Waals surface area contributed by atoms with E-state index in [9.17, 15) is 5.11 Å². The zero-order valence-electron chi connectivity index (χ0n) is 8.73. The van der Waals surface area contributed by atoms with E-state index >= 15 is 0 Å². The molecule has 3 atom stereocenters. The summed E-state index contributed by atoms with van der Waals surface area (Å²) in [6.45, 7) is 0. The van der Waals surface area contributed by atoms with E-state index in [0.717, 1.165) is 17.5 Å². The van der Waals surface area contributed by atoms with Crippen LogP contribution >= 0.6 is 11.6 Å². The molecule has 1 aromatic heterocycles. The Morgan fingerprint density at radius 1 is 1.53 bits per heavy atom. The average molecular weight is 227 g/mol. The molecule has 3 unspecified atom stereocenters. The molecule has 2 fully saturated rings. The lowest BCUT2D eigenvalue weighted by molar-refractivity contribution is 0.128. The first kappa shape index (κ1) is 9.67. The number of hydrogen-bond donors (Lipinski definition) is 1. The normalized spacial score (nSPS) is 35.3. The molecule has 1 aromatic rings. The predicted octanol–water partition coefficient (Wildman–Crippen LogP) is 2.15. The van der Waals surface area contributed by atoms with Gasteiger partial charge in [0.1, 0.15) is 6.10 Å². The van der Waals surface area contributed by atoms with E-state index in [4.69, 9.17) is 11.6 Å². The Kier molecular flexibility index (Phi) is 2.08. The summed E-state index contributed by atoms with van der Waals surface area (Å²) in [6, 6.07) is 0. The number of aromatic nitrogens is 2. The van der Waals surface area contributed by atoms with E-state index in [1.54, 1.807) is 10.9 Å².